The normalized spacial score (nSPS) is 21.3. The first kappa shape index (κ1) is 23.4. The van der Waals surface area contributed by atoms with Crippen LogP contribution >= 0.6 is 11.8 Å². The van der Waals surface area contributed by atoms with E-state index in [2.05, 4.69) is 10.4 Å². The van der Waals surface area contributed by atoms with Gasteiger partial charge in [0.1, 0.15) is 11.2 Å². The number of nitrogens with zero attached hydrogens (tertiary/aromatic N) is 3. The molecule has 9 heteroatoms. The first-order valence-electron chi connectivity index (χ1n) is 11.3. The van der Waals surface area contributed by atoms with E-state index in [4.69, 9.17) is 4.74 Å². The Labute approximate surface area is 198 Å². The molecule has 0 radical (unpaired) electrons. The van der Waals surface area contributed by atoms with Crippen LogP contribution in [0.1, 0.15) is 66.4 Å². The summed E-state index contributed by atoms with van der Waals surface area (Å²) in [4.78, 5) is 42.1. The lowest BCUT2D eigenvalue weighted by Gasteiger charge is -2.43. The lowest BCUT2D eigenvalue weighted by atomic mass is 9.93. The fourth-order valence-corrected chi connectivity index (χ4v) is 5.16. The third-order valence-electron chi connectivity index (χ3n) is 6.54. The van der Waals surface area contributed by atoms with Crippen LogP contribution in [0.2, 0.25) is 0 Å². The molecule has 1 saturated carbocycles. The number of rotatable bonds is 5. The molecule has 176 valence electrons. The maximum absolute atomic E-state index is 13.7. The Morgan fingerprint density at radius 2 is 1.91 bits per heavy atom. The van der Waals surface area contributed by atoms with Crippen LogP contribution < -0.4 is 10.2 Å². The molecule has 2 amide bonds. The number of thioether (sulfide) groups is 1. The van der Waals surface area contributed by atoms with E-state index in [1.54, 1.807) is 23.6 Å². The first-order valence-corrected chi connectivity index (χ1v) is 12.6. The minimum absolute atomic E-state index is 0.0482. The second-order valence-electron chi connectivity index (χ2n) is 8.84. The van der Waals surface area contributed by atoms with Gasteiger partial charge >= 0.3 is 5.97 Å². The molecule has 1 N–H and O–H groups in total. The summed E-state index contributed by atoms with van der Waals surface area (Å²) in [6.45, 7) is 1.90. The fraction of sp³-hybridized carbons (Fsp3) is 0.500. The smallest absolute Gasteiger partial charge is 0.358 e. The monoisotopic (exact) mass is 470 g/mol. The van der Waals surface area contributed by atoms with E-state index in [0.717, 1.165) is 30.6 Å². The van der Waals surface area contributed by atoms with Gasteiger partial charge in [-0.05, 0) is 44.2 Å². The van der Waals surface area contributed by atoms with Crippen LogP contribution in [-0.4, -0.2) is 52.5 Å². The van der Waals surface area contributed by atoms with Crippen molar-refractivity contribution in [3.05, 3.63) is 41.7 Å². The maximum Gasteiger partial charge on any atom is 0.358 e. The molecule has 0 saturated heterocycles. The molecule has 0 bridgehead atoms. The Kier molecular flexibility index (Phi) is 6.78. The minimum Gasteiger partial charge on any atom is -0.464 e. The van der Waals surface area contributed by atoms with Crippen molar-refractivity contribution in [2.75, 3.05) is 18.3 Å². The summed E-state index contributed by atoms with van der Waals surface area (Å²) in [5, 5.41) is 7.50. The Morgan fingerprint density at radius 3 is 2.58 bits per heavy atom. The van der Waals surface area contributed by atoms with E-state index in [9.17, 15) is 14.4 Å². The van der Waals surface area contributed by atoms with Crippen LogP contribution in [0.5, 0.6) is 0 Å². The van der Waals surface area contributed by atoms with Crippen molar-refractivity contribution in [2.45, 2.75) is 68.5 Å². The van der Waals surface area contributed by atoms with Crippen molar-refractivity contribution in [2.24, 2.45) is 0 Å². The number of ether oxygens (including phenoxy) is 1. The van der Waals surface area contributed by atoms with Gasteiger partial charge in [0, 0.05) is 22.7 Å². The van der Waals surface area contributed by atoms with Crippen molar-refractivity contribution >= 4 is 35.2 Å². The predicted octanol–water partition coefficient (Wildman–Crippen LogP) is 3.65. The van der Waals surface area contributed by atoms with Gasteiger partial charge in [-0.25, -0.2) is 4.79 Å². The number of hydrogen-bond acceptors (Lipinski definition) is 6. The summed E-state index contributed by atoms with van der Waals surface area (Å²) in [5.74, 6) is -1.20. The number of nitrogens with one attached hydrogen (secondary N) is 1. The van der Waals surface area contributed by atoms with Crippen molar-refractivity contribution in [1.82, 2.24) is 15.1 Å². The summed E-state index contributed by atoms with van der Waals surface area (Å²) >= 11 is 1.57. The van der Waals surface area contributed by atoms with E-state index < -0.39 is 11.5 Å². The molecule has 8 nitrogen and oxygen atoms in total. The second-order valence-corrected chi connectivity index (χ2v) is 9.72. The molecule has 1 aromatic heterocycles. The molecule has 1 aliphatic carbocycles. The lowest BCUT2D eigenvalue weighted by Crippen LogP contribution is -2.65. The average Bonchev–Trinajstić information content (AvgIpc) is 3.07. The van der Waals surface area contributed by atoms with E-state index in [0.29, 0.717) is 5.69 Å². The predicted molar refractivity (Wildman–Crippen MR) is 127 cm³/mol. The first-order chi connectivity index (χ1) is 15.9. The number of aromatic nitrogens is 2. The summed E-state index contributed by atoms with van der Waals surface area (Å²) in [6, 6.07) is 9.11. The number of anilines is 1. The van der Waals surface area contributed by atoms with Crippen LogP contribution in [0, 0.1) is 0 Å². The largest absolute Gasteiger partial charge is 0.464 e. The highest BCUT2D eigenvalue weighted by Gasteiger charge is 2.49. The molecular formula is C24H30N4O4S. The zero-order valence-corrected chi connectivity index (χ0v) is 20.1. The highest BCUT2D eigenvalue weighted by molar-refractivity contribution is 7.98. The summed E-state index contributed by atoms with van der Waals surface area (Å²) in [6.07, 6.45) is 8.39. The molecule has 0 spiro atoms. The zero-order chi connectivity index (χ0) is 23.6. The average molecular weight is 471 g/mol. The van der Waals surface area contributed by atoms with Crippen LogP contribution in [-0.2, 0) is 16.1 Å². The molecule has 1 aromatic carbocycles. The van der Waals surface area contributed by atoms with Crippen molar-refractivity contribution in [1.29, 1.82) is 0 Å². The Bertz CT molecular complexity index is 1060. The van der Waals surface area contributed by atoms with Gasteiger partial charge in [-0.15, -0.1) is 11.8 Å². The molecule has 4 rings (SSSR count). The number of benzene rings is 1. The maximum atomic E-state index is 13.7. The van der Waals surface area contributed by atoms with Gasteiger partial charge < -0.3 is 10.1 Å². The van der Waals surface area contributed by atoms with E-state index in [-0.39, 0.29) is 35.8 Å². The highest BCUT2D eigenvalue weighted by Crippen LogP contribution is 2.35. The van der Waals surface area contributed by atoms with Crippen LogP contribution in [0.25, 0.3) is 0 Å². The van der Waals surface area contributed by atoms with E-state index >= 15 is 0 Å². The Morgan fingerprint density at radius 1 is 1.18 bits per heavy atom. The number of hydrogen-bond donors (Lipinski definition) is 1. The molecule has 1 atom stereocenters. The molecule has 2 heterocycles. The van der Waals surface area contributed by atoms with Crippen molar-refractivity contribution < 1.29 is 19.1 Å². The summed E-state index contributed by atoms with van der Waals surface area (Å²) in [5.41, 5.74) is -0.276. The van der Waals surface area contributed by atoms with Crippen LogP contribution in [0.4, 0.5) is 5.69 Å². The van der Waals surface area contributed by atoms with Crippen molar-refractivity contribution in [3.63, 3.8) is 0 Å². The Hall–Kier alpha value is -2.81. The molecule has 0 unspecified atom stereocenters. The van der Waals surface area contributed by atoms with Gasteiger partial charge in [-0.2, -0.15) is 5.10 Å². The number of esters is 1. The highest BCUT2D eigenvalue weighted by atomic mass is 32.2. The number of carbonyl (C=O) groups excluding carboxylic acids is 3. The molecular weight excluding hydrogens is 440 g/mol. The van der Waals surface area contributed by atoms with Gasteiger partial charge in [0.15, 0.2) is 5.69 Å². The minimum atomic E-state index is -1.22. The SMILES string of the molecule is COC(=O)c1cc2n(n1)C[C@@](C)(C(=O)NC1CCCCCC1)N(c1cccc(SC)c1)C2=O. The molecule has 33 heavy (non-hydrogen) atoms. The second kappa shape index (κ2) is 9.59. The zero-order valence-electron chi connectivity index (χ0n) is 19.3. The number of fused-ring (bicyclic) bond motifs is 1. The molecule has 2 aromatic rings. The number of carbonyl (C=O) groups is 3. The third kappa shape index (κ3) is 4.51. The Balaban J connectivity index is 1.75. The van der Waals surface area contributed by atoms with Crippen LogP contribution in [0.3, 0.4) is 0 Å². The summed E-state index contributed by atoms with van der Waals surface area (Å²) < 4.78 is 6.24. The number of methoxy groups -OCH3 is 1. The van der Waals surface area contributed by atoms with Crippen molar-refractivity contribution in [3.8, 4) is 0 Å². The summed E-state index contributed by atoms with van der Waals surface area (Å²) in [7, 11) is 1.27. The van der Waals surface area contributed by atoms with Gasteiger partial charge in [0.25, 0.3) is 5.91 Å². The topological polar surface area (TPSA) is 93.5 Å². The molecule has 1 fully saturated rings. The van der Waals surface area contributed by atoms with Gasteiger partial charge in [0.05, 0.1) is 13.7 Å². The third-order valence-corrected chi connectivity index (χ3v) is 7.26. The molecule has 1 aliphatic heterocycles. The van der Waals surface area contributed by atoms with Gasteiger partial charge in [-0.1, -0.05) is 31.7 Å². The molecule has 2 aliphatic rings. The quantitative estimate of drug-likeness (QED) is 0.407. The van der Waals surface area contributed by atoms with Gasteiger partial charge in [0.2, 0.25) is 5.91 Å². The fourth-order valence-electron chi connectivity index (χ4n) is 4.70. The van der Waals surface area contributed by atoms with Gasteiger partial charge in [-0.3, -0.25) is 19.2 Å². The number of amides is 2. The lowest BCUT2D eigenvalue weighted by molar-refractivity contribution is -0.127. The standard InChI is InChI=1S/C24H30N4O4S/c1-24(23(31)25-16-9-6-4-5-7-10-16)15-27-20(14-19(26-27)22(30)32-2)21(29)28(24)17-11-8-12-18(13-17)33-3/h8,11-14,16H,4-7,9-10,15H2,1-3H3,(H,25,31)/t24-/m0/s1. The van der Waals surface area contributed by atoms with E-state index in [1.165, 1.54) is 30.7 Å². The van der Waals surface area contributed by atoms with E-state index in [1.807, 2.05) is 30.5 Å². The van der Waals surface area contributed by atoms with Crippen LogP contribution in [0.15, 0.2) is 35.2 Å².